The Morgan fingerprint density at radius 3 is 2.80 bits per heavy atom. The third-order valence-corrected chi connectivity index (χ3v) is 3.11. The summed E-state index contributed by atoms with van der Waals surface area (Å²) >= 11 is 3.37. The Hall–Kier alpha value is -2.15. The molecule has 0 unspecified atom stereocenters. The van der Waals surface area contributed by atoms with Crippen molar-refractivity contribution < 1.29 is 14.6 Å². The Labute approximate surface area is 124 Å². The van der Waals surface area contributed by atoms with E-state index in [-0.39, 0.29) is 5.56 Å². The first kappa shape index (κ1) is 14.3. The lowest BCUT2D eigenvalue weighted by Crippen LogP contribution is -2.06. The highest BCUT2D eigenvalue weighted by Gasteiger charge is 2.11. The Kier molecular flexibility index (Phi) is 4.19. The van der Waals surface area contributed by atoms with Crippen LogP contribution in [0.4, 0.5) is 11.6 Å². The zero-order valence-corrected chi connectivity index (χ0v) is 12.4. The van der Waals surface area contributed by atoms with Crippen molar-refractivity contribution in [1.29, 1.82) is 0 Å². The number of benzene rings is 1. The van der Waals surface area contributed by atoms with Crippen molar-refractivity contribution in [2.75, 3.05) is 12.4 Å². The maximum atomic E-state index is 10.9. The van der Waals surface area contributed by atoms with E-state index < -0.39 is 5.97 Å². The number of ether oxygens (including phenoxy) is 1. The second kappa shape index (κ2) is 5.87. The van der Waals surface area contributed by atoms with Crippen LogP contribution in [0, 0.1) is 6.92 Å². The number of carboxylic acid groups (broad SMARTS) is 1. The Morgan fingerprint density at radius 1 is 1.45 bits per heavy atom. The zero-order valence-electron chi connectivity index (χ0n) is 10.8. The molecule has 7 heteroatoms. The molecule has 0 aliphatic heterocycles. The number of hydrogen-bond donors (Lipinski definition) is 2. The van der Waals surface area contributed by atoms with Gasteiger partial charge in [-0.2, -0.15) is 0 Å². The third-order valence-electron chi connectivity index (χ3n) is 2.62. The Bertz CT molecular complexity index is 661. The lowest BCUT2D eigenvalue weighted by atomic mass is 10.2. The molecule has 1 aromatic heterocycles. The maximum Gasteiger partial charge on any atom is 0.339 e. The average Bonchev–Trinajstić information content (AvgIpc) is 2.38. The summed E-state index contributed by atoms with van der Waals surface area (Å²) in [5.74, 6) is -0.102. The molecule has 0 aliphatic rings. The molecule has 0 aliphatic carbocycles. The first-order valence-electron chi connectivity index (χ1n) is 5.68. The average molecular weight is 338 g/mol. The minimum Gasteiger partial charge on any atom is -0.495 e. The van der Waals surface area contributed by atoms with E-state index in [1.54, 1.807) is 20.1 Å². The molecule has 2 aromatic rings. The number of hydrogen-bond acceptors (Lipinski definition) is 5. The molecule has 0 bridgehead atoms. The van der Waals surface area contributed by atoms with Crippen LogP contribution in [0.5, 0.6) is 5.75 Å². The Morgan fingerprint density at radius 2 is 2.20 bits per heavy atom. The van der Waals surface area contributed by atoms with Crippen LogP contribution in [0.3, 0.4) is 0 Å². The van der Waals surface area contributed by atoms with Crippen LogP contribution in [0.15, 0.2) is 28.9 Å². The van der Waals surface area contributed by atoms with Crippen molar-refractivity contribution in [2.24, 2.45) is 0 Å². The minimum absolute atomic E-state index is 0.0803. The fraction of sp³-hybridized carbons (Fsp3) is 0.154. The fourth-order valence-corrected chi connectivity index (χ4v) is 2.00. The summed E-state index contributed by atoms with van der Waals surface area (Å²) in [6, 6.07) is 5.47. The number of carboxylic acids is 1. The van der Waals surface area contributed by atoms with Crippen molar-refractivity contribution in [1.82, 2.24) is 9.97 Å². The number of methoxy groups -OCH3 is 1. The Balaban J connectivity index is 2.33. The van der Waals surface area contributed by atoms with Gasteiger partial charge in [-0.15, -0.1) is 0 Å². The van der Waals surface area contributed by atoms with Gasteiger partial charge in [-0.3, -0.25) is 0 Å². The van der Waals surface area contributed by atoms with Crippen LogP contribution < -0.4 is 10.1 Å². The maximum absolute atomic E-state index is 10.9. The SMILES string of the molecule is COc1ccc(Br)cc1Nc1ncc(C(=O)O)c(C)n1. The number of aromatic carboxylic acids is 1. The number of aryl methyl sites for hydroxylation is 1. The van der Waals surface area contributed by atoms with Crippen molar-refractivity contribution in [3.63, 3.8) is 0 Å². The van der Waals surface area contributed by atoms with Crippen molar-refractivity contribution in [2.45, 2.75) is 6.92 Å². The molecule has 20 heavy (non-hydrogen) atoms. The highest BCUT2D eigenvalue weighted by Crippen LogP contribution is 2.29. The third kappa shape index (κ3) is 3.05. The normalized spacial score (nSPS) is 10.2. The predicted octanol–water partition coefficient (Wildman–Crippen LogP) is 3.00. The van der Waals surface area contributed by atoms with E-state index in [0.717, 1.165) is 4.47 Å². The lowest BCUT2D eigenvalue weighted by molar-refractivity contribution is 0.0695. The molecule has 0 spiro atoms. The van der Waals surface area contributed by atoms with Gasteiger partial charge in [0.15, 0.2) is 0 Å². The number of nitrogens with zero attached hydrogens (tertiary/aromatic N) is 2. The van der Waals surface area contributed by atoms with Gasteiger partial charge in [0.05, 0.1) is 24.1 Å². The quantitative estimate of drug-likeness (QED) is 0.892. The van der Waals surface area contributed by atoms with E-state index >= 15 is 0 Å². The summed E-state index contributed by atoms with van der Waals surface area (Å²) in [5, 5.41) is 11.9. The number of anilines is 2. The number of nitrogens with one attached hydrogen (secondary N) is 1. The van der Waals surface area contributed by atoms with Crippen molar-refractivity contribution >= 4 is 33.5 Å². The summed E-state index contributed by atoms with van der Waals surface area (Å²) in [6.07, 6.45) is 1.28. The van der Waals surface area contributed by atoms with Gasteiger partial charge in [0.1, 0.15) is 5.75 Å². The molecule has 1 heterocycles. The van der Waals surface area contributed by atoms with Crippen LogP contribution in [-0.4, -0.2) is 28.2 Å². The van der Waals surface area contributed by atoms with Gasteiger partial charge in [0, 0.05) is 10.7 Å². The van der Waals surface area contributed by atoms with Crippen LogP contribution in [0.25, 0.3) is 0 Å². The van der Waals surface area contributed by atoms with E-state index in [4.69, 9.17) is 9.84 Å². The van der Waals surface area contributed by atoms with Gasteiger partial charge in [-0.05, 0) is 25.1 Å². The van der Waals surface area contributed by atoms with Crippen LogP contribution in [0.1, 0.15) is 16.1 Å². The second-order valence-electron chi connectivity index (χ2n) is 3.97. The first-order chi connectivity index (χ1) is 9.51. The van der Waals surface area contributed by atoms with Crippen molar-refractivity contribution in [3.8, 4) is 5.75 Å². The molecule has 0 radical (unpaired) electrons. The summed E-state index contributed by atoms with van der Waals surface area (Å²) in [7, 11) is 1.56. The summed E-state index contributed by atoms with van der Waals surface area (Å²) < 4.78 is 6.11. The molecule has 0 saturated heterocycles. The molecular formula is C13H12BrN3O3. The predicted molar refractivity (Wildman–Crippen MR) is 77.7 cm³/mol. The molecule has 6 nitrogen and oxygen atoms in total. The largest absolute Gasteiger partial charge is 0.495 e. The van der Waals surface area contributed by atoms with E-state index in [1.807, 2.05) is 12.1 Å². The second-order valence-corrected chi connectivity index (χ2v) is 4.88. The molecule has 2 rings (SSSR count). The lowest BCUT2D eigenvalue weighted by Gasteiger charge is -2.11. The number of rotatable bonds is 4. The molecule has 0 amide bonds. The van der Waals surface area contributed by atoms with E-state index in [9.17, 15) is 4.79 Å². The molecular weight excluding hydrogens is 326 g/mol. The smallest absolute Gasteiger partial charge is 0.339 e. The highest BCUT2D eigenvalue weighted by atomic mass is 79.9. The van der Waals surface area contributed by atoms with Crippen molar-refractivity contribution in [3.05, 3.63) is 40.1 Å². The van der Waals surface area contributed by atoms with Gasteiger partial charge in [-0.1, -0.05) is 15.9 Å². The first-order valence-corrected chi connectivity index (χ1v) is 6.48. The molecule has 0 fully saturated rings. The van der Waals surface area contributed by atoms with E-state index in [1.165, 1.54) is 6.20 Å². The molecule has 104 valence electrons. The van der Waals surface area contributed by atoms with Crippen LogP contribution in [0.2, 0.25) is 0 Å². The molecule has 1 aromatic carbocycles. The summed E-state index contributed by atoms with van der Waals surface area (Å²) in [6.45, 7) is 1.62. The van der Waals surface area contributed by atoms with Gasteiger partial charge in [0.2, 0.25) is 5.95 Å². The minimum atomic E-state index is -1.05. The van der Waals surface area contributed by atoms with Gasteiger partial charge in [0.25, 0.3) is 0 Å². The molecule has 0 atom stereocenters. The van der Waals surface area contributed by atoms with Crippen LogP contribution in [-0.2, 0) is 0 Å². The summed E-state index contributed by atoms with van der Waals surface area (Å²) in [5.41, 5.74) is 1.16. The monoisotopic (exact) mass is 337 g/mol. The summed E-state index contributed by atoms with van der Waals surface area (Å²) in [4.78, 5) is 19.0. The van der Waals surface area contributed by atoms with Gasteiger partial charge in [-0.25, -0.2) is 14.8 Å². The number of carbonyl (C=O) groups is 1. The van der Waals surface area contributed by atoms with Gasteiger partial charge >= 0.3 is 5.97 Å². The fourth-order valence-electron chi connectivity index (χ4n) is 1.64. The van der Waals surface area contributed by atoms with Gasteiger partial charge < -0.3 is 15.2 Å². The number of halogens is 1. The zero-order chi connectivity index (χ0) is 14.7. The molecule has 2 N–H and O–H groups in total. The number of aromatic nitrogens is 2. The van der Waals surface area contributed by atoms with Crippen LogP contribution >= 0.6 is 15.9 Å². The highest BCUT2D eigenvalue weighted by molar-refractivity contribution is 9.10. The molecule has 0 saturated carbocycles. The standard InChI is InChI=1S/C13H12BrN3O3/c1-7-9(12(18)19)6-15-13(16-7)17-10-5-8(14)3-4-11(10)20-2/h3-6H,1-2H3,(H,18,19)(H,15,16,17). The van der Waals surface area contributed by atoms with E-state index in [2.05, 4.69) is 31.2 Å². The topological polar surface area (TPSA) is 84.3 Å². The van der Waals surface area contributed by atoms with E-state index in [0.29, 0.717) is 23.1 Å².